The third-order valence-electron chi connectivity index (χ3n) is 3.11. The van der Waals surface area contributed by atoms with Crippen molar-refractivity contribution in [2.75, 3.05) is 24.2 Å². The predicted molar refractivity (Wildman–Crippen MR) is 77.1 cm³/mol. The lowest BCUT2D eigenvalue weighted by molar-refractivity contribution is -0.120. The van der Waals surface area contributed by atoms with Gasteiger partial charge in [0.1, 0.15) is 0 Å². The zero-order valence-corrected chi connectivity index (χ0v) is 11.6. The molecular formula is C14H20N2OS. The summed E-state index contributed by atoms with van der Waals surface area (Å²) >= 11 is 1.76. The first-order valence-electron chi connectivity index (χ1n) is 6.54. The quantitative estimate of drug-likeness (QED) is 0.822. The van der Waals surface area contributed by atoms with Crippen LogP contribution in [0.3, 0.4) is 0 Å². The Kier molecular flexibility index (Phi) is 5.08. The highest BCUT2D eigenvalue weighted by molar-refractivity contribution is 7.99. The van der Waals surface area contributed by atoms with Gasteiger partial charge in [-0.3, -0.25) is 4.79 Å². The summed E-state index contributed by atoms with van der Waals surface area (Å²) in [5.74, 6) is 1.27. The van der Waals surface area contributed by atoms with E-state index in [-0.39, 0.29) is 11.8 Å². The minimum atomic E-state index is 0.110. The van der Waals surface area contributed by atoms with Crippen LogP contribution in [0.5, 0.6) is 0 Å². The van der Waals surface area contributed by atoms with Gasteiger partial charge in [-0.25, -0.2) is 0 Å². The van der Waals surface area contributed by atoms with Crippen LogP contribution in [0.1, 0.15) is 19.8 Å². The van der Waals surface area contributed by atoms with Crippen molar-refractivity contribution in [1.29, 1.82) is 0 Å². The summed E-state index contributed by atoms with van der Waals surface area (Å²) in [6.45, 7) is 3.95. The van der Waals surface area contributed by atoms with E-state index < -0.39 is 0 Å². The van der Waals surface area contributed by atoms with Gasteiger partial charge in [0.2, 0.25) is 5.91 Å². The second-order valence-corrected chi connectivity index (χ2v) is 5.77. The molecule has 1 amide bonds. The summed E-state index contributed by atoms with van der Waals surface area (Å²) in [5, 5.41) is 6.34. The Morgan fingerprint density at radius 3 is 3.06 bits per heavy atom. The van der Waals surface area contributed by atoms with Crippen molar-refractivity contribution in [1.82, 2.24) is 5.32 Å². The molecule has 1 aromatic rings. The zero-order valence-electron chi connectivity index (χ0n) is 10.7. The fraction of sp³-hybridized carbons (Fsp3) is 0.500. The van der Waals surface area contributed by atoms with Gasteiger partial charge in [0.25, 0.3) is 0 Å². The highest BCUT2D eigenvalue weighted by atomic mass is 32.2. The van der Waals surface area contributed by atoms with Crippen LogP contribution in [0.15, 0.2) is 29.2 Å². The number of hydrogen-bond acceptors (Lipinski definition) is 3. The molecule has 98 valence electrons. The smallest absolute Gasteiger partial charge is 0.228 e. The molecule has 1 heterocycles. The molecule has 0 spiro atoms. The topological polar surface area (TPSA) is 41.1 Å². The van der Waals surface area contributed by atoms with Crippen molar-refractivity contribution in [2.45, 2.75) is 24.7 Å². The third kappa shape index (κ3) is 3.50. The van der Waals surface area contributed by atoms with E-state index in [1.165, 1.54) is 0 Å². The molecule has 1 aliphatic heterocycles. The first-order valence-corrected chi connectivity index (χ1v) is 7.53. The molecule has 0 aliphatic carbocycles. The van der Waals surface area contributed by atoms with Crippen molar-refractivity contribution in [3.63, 3.8) is 0 Å². The summed E-state index contributed by atoms with van der Waals surface area (Å²) in [5.41, 5.74) is 0.944. The van der Waals surface area contributed by atoms with Crippen LogP contribution in [0, 0.1) is 5.92 Å². The van der Waals surface area contributed by atoms with Crippen LogP contribution in [-0.2, 0) is 4.79 Å². The molecule has 1 saturated heterocycles. The minimum Gasteiger partial charge on any atom is -0.325 e. The van der Waals surface area contributed by atoms with E-state index in [1.807, 2.05) is 18.2 Å². The molecule has 1 atom stereocenters. The van der Waals surface area contributed by atoms with Crippen LogP contribution in [-0.4, -0.2) is 24.7 Å². The normalized spacial score (nSPS) is 19.5. The number of piperidine rings is 1. The Labute approximate surface area is 113 Å². The van der Waals surface area contributed by atoms with Gasteiger partial charge < -0.3 is 10.6 Å². The van der Waals surface area contributed by atoms with Crippen molar-refractivity contribution >= 4 is 23.4 Å². The summed E-state index contributed by atoms with van der Waals surface area (Å²) in [6.07, 6.45) is 2.07. The Bertz CT molecular complexity index is 403. The molecule has 1 aliphatic rings. The Balaban J connectivity index is 2.01. The standard InChI is InChI=1S/C14H20N2OS/c1-2-18-13-8-4-3-7-12(13)16-14(17)11-6-5-9-15-10-11/h3-4,7-8,11,15H,2,5-6,9-10H2,1H3,(H,16,17)/t11-/m0/s1. The maximum atomic E-state index is 12.2. The van der Waals surface area contributed by atoms with E-state index in [4.69, 9.17) is 0 Å². The fourth-order valence-corrected chi connectivity index (χ4v) is 2.92. The lowest BCUT2D eigenvalue weighted by Crippen LogP contribution is -2.37. The first-order chi connectivity index (χ1) is 8.81. The van der Waals surface area contributed by atoms with Gasteiger partial charge in [-0.15, -0.1) is 11.8 Å². The molecule has 0 radical (unpaired) electrons. The van der Waals surface area contributed by atoms with Gasteiger partial charge in [-0.05, 0) is 37.3 Å². The first kappa shape index (κ1) is 13.4. The van der Waals surface area contributed by atoms with Crippen LogP contribution in [0.4, 0.5) is 5.69 Å². The van der Waals surface area contributed by atoms with E-state index in [1.54, 1.807) is 11.8 Å². The number of carbonyl (C=O) groups is 1. The van der Waals surface area contributed by atoms with E-state index in [0.717, 1.165) is 42.3 Å². The van der Waals surface area contributed by atoms with Crippen LogP contribution in [0.2, 0.25) is 0 Å². The Morgan fingerprint density at radius 1 is 1.50 bits per heavy atom. The highest BCUT2D eigenvalue weighted by Gasteiger charge is 2.21. The predicted octanol–water partition coefficient (Wildman–Crippen LogP) is 2.74. The Morgan fingerprint density at radius 2 is 2.33 bits per heavy atom. The number of nitrogens with one attached hydrogen (secondary N) is 2. The second kappa shape index (κ2) is 6.81. The van der Waals surface area contributed by atoms with Gasteiger partial charge in [0, 0.05) is 11.4 Å². The van der Waals surface area contributed by atoms with Gasteiger partial charge >= 0.3 is 0 Å². The number of hydrogen-bond donors (Lipinski definition) is 2. The van der Waals surface area contributed by atoms with E-state index in [9.17, 15) is 4.79 Å². The SMILES string of the molecule is CCSc1ccccc1NC(=O)[C@H]1CCCNC1. The van der Waals surface area contributed by atoms with Crippen molar-refractivity contribution in [2.24, 2.45) is 5.92 Å². The number of benzene rings is 1. The maximum Gasteiger partial charge on any atom is 0.228 e. The molecule has 2 rings (SSSR count). The lowest BCUT2D eigenvalue weighted by Gasteiger charge is -2.22. The average molecular weight is 264 g/mol. The second-order valence-electron chi connectivity index (χ2n) is 4.46. The van der Waals surface area contributed by atoms with Crippen LogP contribution < -0.4 is 10.6 Å². The molecule has 0 saturated carbocycles. The summed E-state index contributed by atoms with van der Waals surface area (Å²) in [7, 11) is 0. The summed E-state index contributed by atoms with van der Waals surface area (Å²) in [6, 6.07) is 8.01. The molecule has 1 aromatic carbocycles. The monoisotopic (exact) mass is 264 g/mol. The van der Waals surface area contributed by atoms with Crippen LogP contribution >= 0.6 is 11.8 Å². The molecule has 0 bridgehead atoms. The fourth-order valence-electron chi connectivity index (χ4n) is 2.16. The lowest BCUT2D eigenvalue weighted by atomic mass is 9.99. The summed E-state index contributed by atoms with van der Waals surface area (Å²) in [4.78, 5) is 13.3. The molecular weight excluding hydrogens is 244 g/mol. The third-order valence-corrected chi connectivity index (χ3v) is 4.07. The van der Waals surface area contributed by atoms with Crippen molar-refractivity contribution in [3.05, 3.63) is 24.3 Å². The average Bonchev–Trinajstić information content (AvgIpc) is 2.42. The van der Waals surface area contributed by atoms with Gasteiger partial charge in [-0.2, -0.15) is 0 Å². The molecule has 0 aromatic heterocycles. The zero-order chi connectivity index (χ0) is 12.8. The molecule has 4 heteroatoms. The molecule has 3 nitrogen and oxygen atoms in total. The number of para-hydroxylation sites is 1. The van der Waals surface area contributed by atoms with Crippen LogP contribution in [0.25, 0.3) is 0 Å². The number of anilines is 1. The van der Waals surface area contributed by atoms with Gasteiger partial charge in [0.05, 0.1) is 11.6 Å². The molecule has 0 unspecified atom stereocenters. The van der Waals surface area contributed by atoms with Gasteiger partial charge in [-0.1, -0.05) is 19.1 Å². The molecule has 18 heavy (non-hydrogen) atoms. The van der Waals surface area contributed by atoms with Crippen molar-refractivity contribution < 1.29 is 4.79 Å². The molecule has 1 fully saturated rings. The number of thioether (sulfide) groups is 1. The highest BCUT2D eigenvalue weighted by Crippen LogP contribution is 2.27. The summed E-state index contributed by atoms with van der Waals surface area (Å²) < 4.78 is 0. The number of amides is 1. The molecule has 2 N–H and O–H groups in total. The van der Waals surface area contributed by atoms with E-state index in [2.05, 4.69) is 23.6 Å². The maximum absolute atomic E-state index is 12.2. The number of carbonyl (C=O) groups excluding carboxylic acids is 1. The van der Waals surface area contributed by atoms with Crippen molar-refractivity contribution in [3.8, 4) is 0 Å². The van der Waals surface area contributed by atoms with E-state index in [0.29, 0.717) is 0 Å². The minimum absolute atomic E-state index is 0.110. The van der Waals surface area contributed by atoms with E-state index >= 15 is 0 Å². The van der Waals surface area contributed by atoms with Gasteiger partial charge in [0.15, 0.2) is 0 Å². The Hall–Kier alpha value is -1.00. The largest absolute Gasteiger partial charge is 0.325 e. The number of rotatable bonds is 4.